The van der Waals surface area contributed by atoms with Crippen LogP contribution in [-0.2, 0) is 16.8 Å². The van der Waals surface area contributed by atoms with E-state index < -0.39 is 23.5 Å². The first-order valence-corrected chi connectivity index (χ1v) is 10.7. The summed E-state index contributed by atoms with van der Waals surface area (Å²) in [6.07, 6.45) is -5.64. The van der Waals surface area contributed by atoms with E-state index >= 15 is 0 Å². The van der Waals surface area contributed by atoms with Crippen LogP contribution in [-0.4, -0.2) is 29.9 Å². The van der Waals surface area contributed by atoms with Crippen LogP contribution in [0.4, 0.5) is 32.0 Å². The number of anilines is 1. The van der Waals surface area contributed by atoms with E-state index in [0.29, 0.717) is 55.3 Å². The Bertz CT molecular complexity index is 835. The molecule has 2 bridgehead atoms. The number of carbonyl (C=O) groups excluding carboxylic acids is 1. The lowest BCUT2D eigenvalue weighted by Gasteiger charge is -2.33. The average Bonchev–Trinajstić information content (AvgIpc) is 3.22. The number of hydrogen-bond acceptors (Lipinski definition) is 2. The molecule has 0 spiro atoms. The standard InChI is InChI=1S/C22H25F6NO2/c23-21(24,25)20(31,22(26,27)28)17-6-7-18-15(11-17)3-1-2-8-29(18)19(30)12-16-10-13-4-5-14(16)9-13/h6-7,11,13-14,16,31H,1-5,8-10,12H2/t13-,14+,16?/m1/s1. The van der Waals surface area contributed by atoms with Crippen LogP contribution in [0.3, 0.4) is 0 Å². The minimum atomic E-state index is -5.93. The highest BCUT2D eigenvalue weighted by molar-refractivity contribution is 5.94. The molecular weight excluding hydrogens is 424 g/mol. The molecule has 3 nitrogen and oxygen atoms in total. The van der Waals surface area contributed by atoms with Gasteiger partial charge in [0, 0.05) is 24.2 Å². The van der Waals surface area contributed by atoms with Crippen molar-refractivity contribution in [2.45, 2.75) is 69.3 Å². The summed E-state index contributed by atoms with van der Waals surface area (Å²) < 4.78 is 79.6. The van der Waals surface area contributed by atoms with Gasteiger partial charge in [-0.25, -0.2) is 0 Å². The fraction of sp³-hybridized carbons (Fsp3) is 0.682. The predicted octanol–water partition coefficient (Wildman–Crippen LogP) is 5.49. The van der Waals surface area contributed by atoms with Crippen molar-refractivity contribution in [3.63, 3.8) is 0 Å². The second kappa shape index (κ2) is 7.67. The minimum absolute atomic E-state index is 0.129. The Balaban J connectivity index is 1.63. The lowest BCUT2D eigenvalue weighted by atomic mass is 9.86. The topological polar surface area (TPSA) is 40.5 Å². The molecular formula is C22H25F6NO2. The summed E-state index contributed by atoms with van der Waals surface area (Å²) in [5.74, 6) is 1.38. The third-order valence-corrected chi connectivity index (χ3v) is 7.31. The molecule has 1 N–H and O–H groups in total. The lowest BCUT2D eigenvalue weighted by Crippen LogP contribution is -2.54. The summed E-state index contributed by atoms with van der Waals surface area (Å²) >= 11 is 0. The molecule has 1 unspecified atom stereocenters. The molecule has 0 aromatic heterocycles. The second-order valence-electron chi connectivity index (χ2n) is 9.19. The van der Waals surface area contributed by atoms with Crippen molar-refractivity contribution >= 4 is 11.6 Å². The van der Waals surface area contributed by atoms with Crippen LogP contribution in [0, 0.1) is 17.8 Å². The molecule has 1 aromatic rings. The summed E-state index contributed by atoms with van der Waals surface area (Å²) in [6, 6.07) is 2.53. The van der Waals surface area contributed by atoms with Crippen molar-refractivity contribution in [2.24, 2.45) is 17.8 Å². The smallest absolute Gasteiger partial charge is 0.369 e. The Hall–Kier alpha value is -1.77. The van der Waals surface area contributed by atoms with E-state index in [4.69, 9.17) is 0 Å². The van der Waals surface area contributed by atoms with Gasteiger partial charge >= 0.3 is 12.4 Å². The SMILES string of the molecule is O=C(CC1C[C@@H]2CC[C@H]1C2)N1CCCCc2cc(C(O)(C(F)(F)F)C(F)(F)F)ccc21. The van der Waals surface area contributed by atoms with Crippen molar-refractivity contribution in [2.75, 3.05) is 11.4 Å². The van der Waals surface area contributed by atoms with E-state index in [1.165, 1.54) is 11.3 Å². The van der Waals surface area contributed by atoms with Crippen LogP contribution < -0.4 is 4.90 Å². The van der Waals surface area contributed by atoms with Crippen molar-refractivity contribution in [3.05, 3.63) is 29.3 Å². The Morgan fingerprint density at radius 2 is 1.74 bits per heavy atom. The molecule has 31 heavy (non-hydrogen) atoms. The number of carbonyl (C=O) groups is 1. The molecule has 2 aliphatic carbocycles. The predicted molar refractivity (Wildman–Crippen MR) is 101 cm³/mol. The maximum absolute atomic E-state index is 13.3. The van der Waals surface area contributed by atoms with E-state index in [1.807, 2.05) is 0 Å². The maximum atomic E-state index is 13.3. The molecule has 2 saturated carbocycles. The Kier molecular flexibility index (Phi) is 5.55. The lowest BCUT2D eigenvalue weighted by molar-refractivity contribution is -0.376. The molecule has 1 aromatic carbocycles. The normalized spacial score (nSPS) is 26.7. The van der Waals surface area contributed by atoms with Crippen LogP contribution in [0.1, 0.15) is 56.1 Å². The quantitative estimate of drug-likeness (QED) is 0.620. The number of aliphatic hydroxyl groups is 1. The van der Waals surface area contributed by atoms with Gasteiger partial charge in [0.15, 0.2) is 0 Å². The van der Waals surface area contributed by atoms with Gasteiger partial charge < -0.3 is 10.0 Å². The van der Waals surface area contributed by atoms with Crippen molar-refractivity contribution < 1.29 is 36.2 Å². The third kappa shape index (κ3) is 3.83. The number of alkyl halides is 6. The van der Waals surface area contributed by atoms with Crippen LogP contribution in [0.25, 0.3) is 0 Å². The van der Waals surface area contributed by atoms with Crippen LogP contribution in [0.2, 0.25) is 0 Å². The van der Waals surface area contributed by atoms with Gasteiger partial charge in [0.1, 0.15) is 0 Å². The van der Waals surface area contributed by atoms with Crippen molar-refractivity contribution in [1.29, 1.82) is 0 Å². The van der Waals surface area contributed by atoms with Gasteiger partial charge in [0.2, 0.25) is 5.91 Å². The number of hydrogen-bond donors (Lipinski definition) is 1. The molecule has 1 heterocycles. The van der Waals surface area contributed by atoms with Crippen LogP contribution >= 0.6 is 0 Å². The van der Waals surface area contributed by atoms with Crippen LogP contribution in [0.15, 0.2) is 18.2 Å². The first-order valence-electron chi connectivity index (χ1n) is 10.7. The number of halogens is 6. The third-order valence-electron chi connectivity index (χ3n) is 7.31. The molecule has 2 fully saturated rings. The molecule has 1 amide bonds. The fourth-order valence-corrected chi connectivity index (χ4v) is 5.69. The van der Waals surface area contributed by atoms with E-state index in [9.17, 15) is 36.2 Å². The highest BCUT2D eigenvalue weighted by Crippen LogP contribution is 2.51. The first-order chi connectivity index (χ1) is 14.4. The number of aryl methyl sites for hydroxylation is 1. The van der Waals surface area contributed by atoms with Gasteiger partial charge in [0.25, 0.3) is 5.60 Å². The van der Waals surface area contributed by atoms with Gasteiger partial charge in [0.05, 0.1) is 0 Å². The monoisotopic (exact) mass is 449 g/mol. The Morgan fingerprint density at radius 1 is 1.03 bits per heavy atom. The molecule has 0 radical (unpaired) electrons. The maximum Gasteiger partial charge on any atom is 0.430 e. The van der Waals surface area contributed by atoms with E-state index in [-0.39, 0.29) is 17.9 Å². The fourth-order valence-electron chi connectivity index (χ4n) is 5.69. The minimum Gasteiger partial charge on any atom is -0.369 e. The van der Waals surface area contributed by atoms with Gasteiger partial charge in [-0.1, -0.05) is 18.6 Å². The molecule has 4 rings (SSSR count). The van der Waals surface area contributed by atoms with Gasteiger partial charge in [-0.05, 0) is 67.9 Å². The largest absolute Gasteiger partial charge is 0.430 e. The van der Waals surface area contributed by atoms with Gasteiger partial charge in [-0.2, -0.15) is 26.3 Å². The molecule has 172 valence electrons. The van der Waals surface area contributed by atoms with E-state index in [0.717, 1.165) is 31.4 Å². The number of benzene rings is 1. The summed E-state index contributed by atoms with van der Waals surface area (Å²) in [4.78, 5) is 14.6. The summed E-state index contributed by atoms with van der Waals surface area (Å²) in [5, 5.41) is 9.72. The van der Waals surface area contributed by atoms with E-state index in [1.54, 1.807) is 0 Å². The van der Waals surface area contributed by atoms with Gasteiger partial charge in [-0.3, -0.25) is 4.79 Å². The molecule has 3 atom stereocenters. The summed E-state index contributed by atoms with van der Waals surface area (Å²) in [5.41, 5.74) is -5.66. The average molecular weight is 449 g/mol. The summed E-state index contributed by atoms with van der Waals surface area (Å²) in [7, 11) is 0. The number of rotatable bonds is 3. The van der Waals surface area contributed by atoms with E-state index in [2.05, 4.69) is 0 Å². The Labute approximate surface area is 176 Å². The Morgan fingerprint density at radius 3 is 2.32 bits per heavy atom. The number of amides is 1. The van der Waals surface area contributed by atoms with Crippen LogP contribution in [0.5, 0.6) is 0 Å². The molecule has 3 aliphatic rings. The zero-order chi connectivity index (χ0) is 22.6. The summed E-state index contributed by atoms with van der Waals surface area (Å²) in [6.45, 7) is 0.384. The van der Waals surface area contributed by atoms with Crippen molar-refractivity contribution in [3.8, 4) is 0 Å². The molecule has 0 saturated heterocycles. The number of nitrogens with zero attached hydrogens (tertiary/aromatic N) is 1. The van der Waals surface area contributed by atoms with Gasteiger partial charge in [-0.15, -0.1) is 0 Å². The van der Waals surface area contributed by atoms with Crippen molar-refractivity contribution in [1.82, 2.24) is 0 Å². The zero-order valence-corrected chi connectivity index (χ0v) is 16.9. The highest BCUT2D eigenvalue weighted by atomic mass is 19.4. The number of fused-ring (bicyclic) bond motifs is 3. The first kappa shape index (κ1) is 22.4. The molecule has 9 heteroatoms. The second-order valence-corrected chi connectivity index (χ2v) is 9.19. The molecule has 1 aliphatic heterocycles. The highest BCUT2D eigenvalue weighted by Gasteiger charge is 2.71. The zero-order valence-electron chi connectivity index (χ0n) is 16.9.